The number of aromatic nitrogens is 3. The largest absolute Gasteiger partial charge is 0.398 e. The number of halogens is 1. The summed E-state index contributed by atoms with van der Waals surface area (Å²) < 4.78 is 15.5. The molecule has 5 heteroatoms. The molecule has 0 aliphatic rings. The van der Waals surface area contributed by atoms with Gasteiger partial charge in [0.1, 0.15) is 17.2 Å². The van der Waals surface area contributed by atoms with Crippen molar-refractivity contribution in [3.8, 4) is 11.4 Å². The third-order valence-electron chi connectivity index (χ3n) is 3.21. The Bertz CT molecular complexity index is 764. The Labute approximate surface area is 116 Å². The number of hydrogen-bond donors (Lipinski definition) is 1. The number of aryl methyl sites for hydroxylation is 1. The molecule has 20 heavy (non-hydrogen) atoms. The molecule has 3 rings (SSSR count). The zero-order chi connectivity index (χ0) is 14.1. The van der Waals surface area contributed by atoms with Crippen LogP contribution in [-0.4, -0.2) is 14.5 Å². The van der Waals surface area contributed by atoms with E-state index in [0.717, 1.165) is 24.1 Å². The third kappa shape index (κ3) is 2.01. The van der Waals surface area contributed by atoms with Crippen molar-refractivity contribution in [3.05, 3.63) is 42.3 Å². The molecular formula is C15H15FN4. The molecule has 2 N–H and O–H groups in total. The van der Waals surface area contributed by atoms with E-state index in [4.69, 9.17) is 5.73 Å². The average Bonchev–Trinajstić information content (AvgIpc) is 2.81. The van der Waals surface area contributed by atoms with Crippen LogP contribution in [0.15, 0.2) is 36.5 Å². The molecule has 2 aromatic heterocycles. The van der Waals surface area contributed by atoms with Crippen LogP contribution < -0.4 is 5.73 Å². The minimum absolute atomic E-state index is 0.322. The SMILES string of the molecule is CCCn1c(-c2cc(F)ccc2N)nc2cccnc21. The van der Waals surface area contributed by atoms with E-state index in [1.54, 1.807) is 12.3 Å². The highest BCUT2D eigenvalue weighted by atomic mass is 19.1. The first-order valence-electron chi connectivity index (χ1n) is 6.57. The summed E-state index contributed by atoms with van der Waals surface area (Å²) in [5, 5.41) is 0. The van der Waals surface area contributed by atoms with Crippen molar-refractivity contribution >= 4 is 16.9 Å². The predicted octanol–water partition coefficient (Wildman–Crippen LogP) is 3.23. The van der Waals surface area contributed by atoms with Crippen molar-refractivity contribution in [2.45, 2.75) is 19.9 Å². The van der Waals surface area contributed by atoms with E-state index in [-0.39, 0.29) is 5.82 Å². The first-order valence-corrected chi connectivity index (χ1v) is 6.57. The maximum atomic E-state index is 13.5. The predicted molar refractivity (Wildman–Crippen MR) is 77.6 cm³/mol. The molecule has 3 aromatic rings. The van der Waals surface area contributed by atoms with Gasteiger partial charge in [-0.3, -0.25) is 0 Å². The molecule has 0 unspecified atom stereocenters. The number of nitrogens with zero attached hydrogens (tertiary/aromatic N) is 3. The number of rotatable bonds is 3. The number of imidazole rings is 1. The summed E-state index contributed by atoms with van der Waals surface area (Å²) in [5.74, 6) is 0.342. The van der Waals surface area contributed by atoms with Crippen molar-refractivity contribution in [1.82, 2.24) is 14.5 Å². The lowest BCUT2D eigenvalue weighted by molar-refractivity contribution is 0.627. The van der Waals surface area contributed by atoms with Gasteiger partial charge in [0.2, 0.25) is 0 Å². The first-order chi connectivity index (χ1) is 9.70. The lowest BCUT2D eigenvalue weighted by Crippen LogP contribution is -2.02. The number of hydrogen-bond acceptors (Lipinski definition) is 3. The second-order valence-electron chi connectivity index (χ2n) is 4.66. The minimum atomic E-state index is -0.322. The van der Waals surface area contributed by atoms with Gasteiger partial charge in [0.25, 0.3) is 0 Å². The highest BCUT2D eigenvalue weighted by Gasteiger charge is 2.15. The van der Waals surface area contributed by atoms with Crippen molar-refractivity contribution in [2.75, 3.05) is 5.73 Å². The molecule has 0 atom stereocenters. The second-order valence-corrected chi connectivity index (χ2v) is 4.66. The molecule has 0 aliphatic carbocycles. The Balaban J connectivity index is 2.29. The van der Waals surface area contributed by atoms with Gasteiger partial charge in [-0.05, 0) is 36.8 Å². The average molecular weight is 270 g/mol. The summed E-state index contributed by atoms with van der Waals surface area (Å²) in [7, 11) is 0. The summed E-state index contributed by atoms with van der Waals surface area (Å²) in [6.07, 6.45) is 2.67. The quantitative estimate of drug-likeness (QED) is 0.743. The summed E-state index contributed by atoms with van der Waals surface area (Å²) in [6.45, 7) is 2.84. The zero-order valence-electron chi connectivity index (χ0n) is 11.2. The zero-order valence-corrected chi connectivity index (χ0v) is 11.2. The fourth-order valence-corrected chi connectivity index (χ4v) is 2.32. The van der Waals surface area contributed by atoms with Gasteiger partial charge >= 0.3 is 0 Å². The maximum absolute atomic E-state index is 13.5. The molecule has 1 aromatic carbocycles. The van der Waals surface area contributed by atoms with Gasteiger partial charge in [0.15, 0.2) is 5.65 Å². The van der Waals surface area contributed by atoms with Gasteiger partial charge in [-0.15, -0.1) is 0 Å². The van der Waals surface area contributed by atoms with Crippen LogP contribution in [-0.2, 0) is 6.54 Å². The van der Waals surface area contributed by atoms with Crippen LogP contribution in [0.3, 0.4) is 0 Å². The van der Waals surface area contributed by atoms with Gasteiger partial charge in [-0.1, -0.05) is 6.92 Å². The van der Waals surface area contributed by atoms with Crippen LogP contribution >= 0.6 is 0 Å². The Kier molecular flexibility index (Phi) is 3.10. The standard InChI is InChI=1S/C15H15FN4/c1-2-8-20-14(11-9-10(16)5-6-12(11)17)19-13-4-3-7-18-15(13)20/h3-7,9H,2,8,17H2,1H3. The molecule has 2 heterocycles. The summed E-state index contributed by atoms with van der Waals surface area (Å²) in [5.41, 5.74) is 8.68. The van der Waals surface area contributed by atoms with Crippen LogP contribution in [0.2, 0.25) is 0 Å². The number of benzene rings is 1. The number of nitrogen functional groups attached to an aromatic ring is 1. The van der Waals surface area contributed by atoms with E-state index < -0.39 is 0 Å². The van der Waals surface area contributed by atoms with Crippen molar-refractivity contribution in [1.29, 1.82) is 0 Å². The topological polar surface area (TPSA) is 56.7 Å². The lowest BCUT2D eigenvalue weighted by Gasteiger charge is -2.09. The van der Waals surface area contributed by atoms with Gasteiger partial charge in [0.05, 0.1) is 0 Å². The fraction of sp³-hybridized carbons (Fsp3) is 0.200. The van der Waals surface area contributed by atoms with Gasteiger partial charge in [0, 0.05) is 24.0 Å². The molecule has 0 aliphatic heterocycles. The number of fused-ring (bicyclic) bond motifs is 1. The van der Waals surface area contributed by atoms with E-state index in [1.165, 1.54) is 12.1 Å². The minimum Gasteiger partial charge on any atom is -0.398 e. The molecule has 102 valence electrons. The van der Waals surface area contributed by atoms with Crippen molar-refractivity contribution in [3.63, 3.8) is 0 Å². The van der Waals surface area contributed by atoms with Gasteiger partial charge in [-0.25, -0.2) is 14.4 Å². The van der Waals surface area contributed by atoms with Crippen molar-refractivity contribution < 1.29 is 4.39 Å². The van der Waals surface area contributed by atoms with Crippen molar-refractivity contribution in [2.24, 2.45) is 0 Å². The van der Waals surface area contributed by atoms with Crippen LogP contribution in [0.5, 0.6) is 0 Å². The van der Waals surface area contributed by atoms with Crippen LogP contribution in [0.1, 0.15) is 13.3 Å². The monoisotopic (exact) mass is 270 g/mol. The normalized spacial score (nSPS) is 11.1. The molecule has 0 spiro atoms. The summed E-state index contributed by atoms with van der Waals surface area (Å²) in [6, 6.07) is 8.07. The summed E-state index contributed by atoms with van der Waals surface area (Å²) >= 11 is 0. The number of nitrogens with two attached hydrogens (primary N) is 1. The summed E-state index contributed by atoms with van der Waals surface area (Å²) in [4.78, 5) is 8.92. The molecule has 0 bridgehead atoms. The highest BCUT2D eigenvalue weighted by Crippen LogP contribution is 2.29. The van der Waals surface area contributed by atoms with Gasteiger partial charge < -0.3 is 10.3 Å². The van der Waals surface area contributed by atoms with Crippen LogP contribution in [0.25, 0.3) is 22.6 Å². The molecule has 0 saturated heterocycles. The van der Waals surface area contributed by atoms with E-state index in [2.05, 4.69) is 16.9 Å². The Morgan fingerprint density at radius 1 is 1.30 bits per heavy atom. The molecule has 0 radical (unpaired) electrons. The molecule has 0 fully saturated rings. The third-order valence-corrected chi connectivity index (χ3v) is 3.21. The van der Waals surface area contributed by atoms with Gasteiger partial charge in [-0.2, -0.15) is 0 Å². The van der Waals surface area contributed by atoms with Crippen LogP contribution in [0.4, 0.5) is 10.1 Å². The Morgan fingerprint density at radius 3 is 2.95 bits per heavy atom. The smallest absolute Gasteiger partial charge is 0.160 e. The fourth-order valence-electron chi connectivity index (χ4n) is 2.32. The Hall–Kier alpha value is -2.43. The molecule has 0 saturated carbocycles. The van der Waals surface area contributed by atoms with E-state index in [1.807, 2.05) is 16.7 Å². The number of pyridine rings is 1. The van der Waals surface area contributed by atoms with E-state index in [0.29, 0.717) is 17.1 Å². The molecule has 4 nitrogen and oxygen atoms in total. The maximum Gasteiger partial charge on any atom is 0.160 e. The second kappa shape index (κ2) is 4.92. The molecular weight excluding hydrogens is 255 g/mol. The van der Waals surface area contributed by atoms with E-state index in [9.17, 15) is 4.39 Å². The first kappa shape index (κ1) is 12.6. The highest BCUT2D eigenvalue weighted by molar-refractivity contribution is 5.81. The lowest BCUT2D eigenvalue weighted by atomic mass is 10.1. The number of anilines is 1. The van der Waals surface area contributed by atoms with E-state index >= 15 is 0 Å². The Morgan fingerprint density at radius 2 is 2.15 bits per heavy atom. The van der Waals surface area contributed by atoms with Crippen LogP contribution in [0, 0.1) is 5.82 Å². The molecule has 0 amide bonds.